The van der Waals surface area contributed by atoms with E-state index in [1.54, 1.807) is 0 Å². The van der Waals surface area contributed by atoms with Crippen LogP contribution < -0.4 is 0 Å². The maximum absolute atomic E-state index is 2.20. The molecule has 0 nitrogen and oxygen atoms in total. The van der Waals surface area contributed by atoms with Crippen molar-refractivity contribution in [3.05, 3.63) is 35.9 Å². The van der Waals surface area contributed by atoms with Crippen molar-refractivity contribution in [1.29, 1.82) is 0 Å². The van der Waals surface area contributed by atoms with Gasteiger partial charge in [-0.1, -0.05) is 0 Å². The van der Waals surface area contributed by atoms with Gasteiger partial charge in [0, 0.05) is 0 Å². The van der Waals surface area contributed by atoms with Crippen LogP contribution in [0.1, 0.15) is 5.56 Å². The summed E-state index contributed by atoms with van der Waals surface area (Å²) < 4.78 is 0. The van der Waals surface area contributed by atoms with Gasteiger partial charge in [0.25, 0.3) is 0 Å². The number of benzene rings is 1. The average molecular weight is 181 g/mol. The molecule has 9 heavy (non-hydrogen) atoms. The van der Waals surface area contributed by atoms with Crippen molar-refractivity contribution in [3.8, 4) is 0 Å². The van der Waals surface area contributed by atoms with Gasteiger partial charge >= 0.3 is 64.1 Å². The summed E-state index contributed by atoms with van der Waals surface area (Å²) in [6.07, 6.45) is 1.29. The zero-order chi connectivity index (χ0) is 6.53. The van der Waals surface area contributed by atoms with Crippen molar-refractivity contribution < 1.29 is 0 Å². The summed E-state index contributed by atoms with van der Waals surface area (Å²) in [6, 6.07) is 10.7. The summed E-state index contributed by atoms with van der Waals surface area (Å²) in [5, 5.41) is 1.43. The summed E-state index contributed by atoms with van der Waals surface area (Å²) in [4.78, 5) is 0. The number of hydrogen-bond donors (Lipinski definition) is 0. The van der Waals surface area contributed by atoms with E-state index in [0.717, 1.165) is 16.5 Å². The van der Waals surface area contributed by atoms with Gasteiger partial charge in [-0.2, -0.15) is 0 Å². The molecule has 0 radical (unpaired) electrons. The first-order valence-electron chi connectivity index (χ1n) is 3.47. The molecule has 1 aromatic rings. The Morgan fingerprint density at radius 3 is 2.33 bits per heavy atom. The van der Waals surface area contributed by atoms with E-state index in [0.29, 0.717) is 0 Å². The van der Waals surface area contributed by atoms with E-state index < -0.39 is 0 Å². The van der Waals surface area contributed by atoms with E-state index >= 15 is 0 Å². The van der Waals surface area contributed by atoms with Crippen molar-refractivity contribution >= 4 is 16.5 Å². The molecule has 0 aliphatic rings. The Morgan fingerprint density at radius 1 is 1.11 bits per heavy atom. The van der Waals surface area contributed by atoms with Gasteiger partial charge in [0.1, 0.15) is 0 Å². The van der Waals surface area contributed by atoms with Gasteiger partial charge in [0.05, 0.1) is 0 Å². The molecule has 0 unspecified atom stereocenters. The van der Waals surface area contributed by atoms with Crippen molar-refractivity contribution in [1.82, 2.24) is 0 Å². The minimum atomic E-state index is 1.02. The molecule has 0 fully saturated rings. The second-order valence-electron chi connectivity index (χ2n) is 2.24. The standard InChI is InChI=1S/C8H12Ge/c9-7-6-8-4-2-1-3-5-8/h1-5H,6-7H2,9H3. The topological polar surface area (TPSA) is 0 Å². The normalized spacial score (nSPS) is 9.78. The van der Waals surface area contributed by atoms with E-state index in [1.165, 1.54) is 17.2 Å². The third-order valence-corrected chi connectivity index (χ3v) is 2.43. The summed E-state index contributed by atoms with van der Waals surface area (Å²) >= 11 is 1.02. The second-order valence-corrected chi connectivity index (χ2v) is 4.33. The summed E-state index contributed by atoms with van der Waals surface area (Å²) in [6.45, 7) is 0. The fourth-order valence-corrected chi connectivity index (χ4v) is 2.14. The second kappa shape index (κ2) is 3.73. The number of aryl methyl sites for hydroxylation is 1. The van der Waals surface area contributed by atoms with Gasteiger partial charge in [-0.15, -0.1) is 0 Å². The molecule has 1 rings (SSSR count). The monoisotopic (exact) mass is 182 g/mol. The van der Waals surface area contributed by atoms with Crippen LogP contribution in [0.2, 0.25) is 5.25 Å². The van der Waals surface area contributed by atoms with Crippen LogP contribution in [0, 0.1) is 0 Å². The first kappa shape index (κ1) is 6.88. The van der Waals surface area contributed by atoms with Crippen molar-refractivity contribution in [3.63, 3.8) is 0 Å². The molecule has 0 amide bonds. The Bertz CT molecular complexity index is 157. The molecular weight excluding hydrogens is 169 g/mol. The molecular formula is C8H12Ge. The van der Waals surface area contributed by atoms with Crippen LogP contribution in [0.5, 0.6) is 0 Å². The van der Waals surface area contributed by atoms with Gasteiger partial charge < -0.3 is 0 Å². The number of hydrogen-bond acceptors (Lipinski definition) is 0. The molecule has 0 N–H and O–H groups in total. The molecule has 48 valence electrons. The van der Waals surface area contributed by atoms with Crippen molar-refractivity contribution in [2.45, 2.75) is 11.7 Å². The predicted octanol–water partition coefficient (Wildman–Crippen LogP) is 1.01. The van der Waals surface area contributed by atoms with Crippen LogP contribution in [0.3, 0.4) is 0 Å². The van der Waals surface area contributed by atoms with Crippen LogP contribution in [-0.4, -0.2) is 16.5 Å². The number of rotatable bonds is 2. The van der Waals surface area contributed by atoms with Crippen molar-refractivity contribution in [2.24, 2.45) is 0 Å². The zero-order valence-electron chi connectivity index (χ0n) is 5.80. The quantitative estimate of drug-likeness (QED) is 0.597. The van der Waals surface area contributed by atoms with Gasteiger partial charge in [0.15, 0.2) is 0 Å². The Balaban J connectivity index is 2.61. The zero-order valence-corrected chi connectivity index (χ0v) is 10.00. The molecule has 0 aromatic heterocycles. The molecule has 0 saturated carbocycles. The summed E-state index contributed by atoms with van der Waals surface area (Å²) in [7, 11) is 0. The van der Waals surface area contributed by atoms with Crippen molar-refractivity contribution in [2.75, 3.05) is 0 Å². The van der Waals surface area contributed by atoms with E-state index in [2.05, 4.69) is 30.3 Å². The van der Waals surface area contributed by atoms with Crippen LogP contribution in [0.15, 0.2) is 30.3 Å². The van der Waals surface area contributed by atoms with Gasteiger partial charge in [-0.3, -0.25) is 0 Å². The van der Waals surface area contributed by atoms with Crippen LogP contribution in [0.4, 0.5) is 0 Å². The van der Waals surface area contributed by atoms with E-state index in [-0.39, 0.29) is 0 Å². The Hall–Kier alpha value is -0.237. The molecule has 0 aliphatic carbocycles. The van der Waals surface area contributed by atoms with E-state index in [9.17, 15) is 0 Å². The third kappa shape index (κ3) is 2.23. The molecule has 1 aromatic carbocycles. The molecule has 0 heterocycles. The third-order valence-electron chi connectivity index (χ3n) is 1.38. The van der Waals surface area contributed by atoms with Gasteiger partial charge in [-0.05, 0) is 0 Å². The molecule has 0 aliphatic heterocycles. The fourth-order valence-electron chi connectivity index (χ4n) is 0.933. The Morgan fingerprint density at radius 2 is 1.78 bits per heavy atom. The predicted molar refractivity (Wildman–Crippen MR) is 44.9 cm³/mol. The Labute approximate surface area is 64.5 Å². The first-order valence-corrected chi connectivity index (χ1v) is 6.44. The van der Waals surface area contributed by atoms with Crippen LogP contribution >= 0.6 is 0 Å². The minimum absolute atomic E-state index is 1.02. The molecule has 0 atom stereocenters. The summed E-state index contributed by atoms with van der Waals surface area (Å²) in [5.41, 5.74) is 1.49. The van der Waals surface area contributed by atoms with E-state index in [4.69, 9.17) is 0 Å². The van der Waals surface area contributed by atoms with Gasteiger partial charge in [0.2, 0.25) is 0 Å². The van der Waals surface area contributed by atoms with Crippen LogP contribution in [-0.2, 0) is 6.42 Å². The Kier molecular flexibility index (Phi) is 2.85. The maximum atomic E-state index is 2.20. The average Bonchev–Trinajstić information content (AvgIpc) is 1.91. The first-order chi connectivity index (χ1) is 4.43. The van der Waals surface area contributed by atoms with Crippen LogP contribution in [0.25, 0.3) is 0 Å². The molecule has 0 spiro atoms. The summed E-state index contributed by atoms with van der Waals surface area (Å²) in [5.74, 6) is 0. The van der Waals surface area contributed by atoms with E-state index in [1.807, 2.05) is 0 Å². The SMILES string of the molecule is [GeH3][CH2]Cc1ccccc1. The molecule has 1 heteroatoms. The fraction of sp³-hybridized carbons (Fsp3) is 0.250. The molecule has 0 saturated heterocycles. The van der Waals surface area contributed by atoms with Gasteiger partial charge in [-0.25, -0.2) is 0 Å². The molecule has 0 bridgehead atoms.